The largest absolute Gasteiger partial charge is 0.480 e. The summed E-state index contributed by atoms with van der Waals surface area (Å²) in [4.78, 5) is 39.0. The predicted molar refractivity (Wildman–Crippen MR) is 132 cm³/mol. The average molecular weight is 489 g/mol. The number of hydrogen-bond acceptors (Lipinski definition) is 5. The van der Waals surface area contributed by atoms with Crippen LogP contribution in [0.4, 0.5) is 0 Å². The number of carboxylic acids is 1. The first-order chi connectivity index (χ1) is 15.9. The molecule has 3 atom stereocenters. The standard InChI is InChI=1S/C26H32N2O5.ClH/c1-3-33-26(32)22(15-13-19-9-5-4-6-10-19)27-18(2)25(31)28(17-24(29)30)23-16-14-20-11-7-8-12-21(20)23;/h4-12,18,22-23,27H,3,13-17H2,1-2H3,(H,29,30);1H/t18-,22?,23?;/m0./s1. The first-order valence-electron chi connectivity index (χ1n) is 11.5. The van der Waals surface area contributed by atoms with Crippen molar-refractivity contribution in [2.75, 3.05) is 13.2 Å². The number of ether oxygens (including phenoxy) is 1. The number of nitrogens with one attached hydrogen (secondary N) is 1. The van der Waals surface area contributed by atoms with E-state index in [0.717, 1.165) is 23.1 Å². The Kier molecular flexibility index (Phi) is 10.5. The quantitative estimate of drug-likeness (QED) is 0.469. The number of rotatable bonds is 11. The molecule has 2 aromatic carbocycles. The second kappa shape index (κ2) is 13.1. The van der Waals surface area contributed by atoms with Crippen molar-refractivity contribution in [3.05, 3.63) is 71.3 Å². The number of carbonyl (C=O) groups excluding carboxylic acids is 2. The van der Waals surface area contributed by atoms with Crippen LogP contribution in [-0.2, 0) is 32.0 Å². The molecule has 0 saturated heterocycles. The van der Waals surface area contributed by atoms with Gasteiger partial charge in [-0.05, 0) is 56.2 Å². The number of amides is 1. The van der Waals surface area contributed by atoms with Gasteiger partial charge in [0.15, 0.2) is 0 Å². The first kappa shape index (κ1) is 27.3. The van der Waals surface area contributed by atoms with Crippen LogP contribution >= 0.6 is 12.4 Å². The normalized spacial score (nSPS) is 16.0. The SMILES string of the molecule is CCOC(=O)C(CCc1ccccc1)N[C@@H](C)C(=O)N(CC(=O)O)C1CCc2ccccc21.Cl. The third-order valence-corrected chi connectivity index (χ3v) is 6.02. The van der Waals surface area contributed by atoms with E-state index < -0.39 is 30.6 Å². The topological polar surface area (TPSA) is 95.9 Å². The number of carboxylic acid groups (broad SMARTS) is 1. The summed E-state index contributed by atoms with van der Waals surface area (Å²) in [5.41, 5.74) is 3.21. The second-order valence-electron chi connectivity index (χ2n) is 8.33. The van der Waals surface area contributed by atoms with Crippen LogP contribution in [0.5, 0.6) is 0 Å². The fraction of sp³-hybridized carbons (Fsp3) is 0.423. The van der Waals surface area contributed by atoms with Gasteiger partial charge in [0.05, 0.1) is 18.7 Å². The van der Waals surface area contributed by atoms with Crippen LogP contribution in [0, 0.1) is 0 Å². The molecule has 1 aliphatic rings. The Labute approximate surface area is 206 Å². The molecule has 0 saturated carbocycles. The summed E-state index contributed by atoms with van der Waals surface area (Å²) in [6.07, 6.45) is 2.59. The number of aryl methyl sites for hydroxylation is 2. The van der Waals surface area contributed by atoms with Crippen molar-refractivity contribution in [3.63, 3.8) is 0 Å². The van der Waals surface area contributed by atoms with Crippen LogP contribution in [0.15, 0.2) is 54.6 Å². The molecule has 2 aromatic rings. The molecule has 0 spiro atoms. The Hall–Kier alpha value is -2.90. The highest BCUT2D eigenvalue weighted by Crippen LogP contribution is 2.35. The maximum absolute atomic E-state index is 13.4. The summed E-state index contributed by atoms with van der Waals surface area (Å²) in [6.45, 7) is 3.27. The molecule has 0 aliphatic heterocycles. The molecule has 3 rings (SSSR count). The smallest absolute Gasteiger partial charge is 0.323 e. The molecule has 0 radical (unpaired) electrons. The Bertz CT molecular complexity index is 969. The summed E-state index contributed by atoms with van der Waals surface area (Å²) in [6, 6.07) is 15.9. The Morgan fingerprint density at radius 2 is 1.79 bits per heavy atom. The molecule has 7 nitrogen and oxygen atoms in total. The zero-order valence-corrected chi connectivity index (χ0v) is 20.4. The fourth-order valence-corrected chi connectivity index (χ4v) is 4.44. The lowest BCUT2D eigenvalue weighted by atomic mass is 10.0. The summed E-state index contributed by atoms with van der Waals surface area (Å²) in [7, 11) is 0. The van der Waals surface area contributed by atoms with E-state index in [1.165, 1.54) is 4.90 Å². The highest BCUT2D eigenvalue weighted by molar-refractivity contribution is 5.86. The van der Waals surface area contributed by atoms with Gasteiger partial charge in [0, 0.05) is 0 Å². The van der Waals surface area contributed by atoms with Crippen molar-refractivity contribution in [1.82, 2.24) is 10.2 Å². The number of fused-ring (bicyclic) bond motifs is 1. The molecule has 2 unspecified atom stereocenters. The lowest BCUT2D eigenvalue weighted by Crippen LogP contribution is -2.52. The molecule has 0 fully saturated rings. The van der Waals surface area contributed by atoms with Crippen LogP contribution in [0.1, 0.15) is 49.4 Å². The Balaban J connectivity index is 0.00000408. The van der Waals surface area contributed by atoms with Gasteiger partial charge in [-0.3, -0.25) is 19.7 Å². The highest BCUT2D eigenvalue weighted by Gasteiger charge is 2.35. The third kappa shape index (κ3) is 7.05. The van der Waals surface area contributed by atoms with Gasteiger partial charge in [0.25, 0.3) is 0 Å². The van der Waals surface area contributed by atoms with Gasteiger partial charge < -0.3 is 14.7 Å². The zero-order valence-electron chi connectivity index (χ0n) is 19.6. The van der Waals surface area contributed by atoms with Crippen LogP contribution in [-0.4, -0.2) is 53.1 Å². The number of esters is 1. The Morgan fingerprint density at radius 3 is 2.47 bits per heavy atom. The number of nitrogens with zero attached hydrogens (tertiary/aromatic N) is 1. The molecule has 0 aromatic heterocycles. The molecule has 2 N–H and O–H groups in total. The number of halogens is 1. The zero-order chi connectivity index (χ0) is 23.8. The van der Waals surface area contributed by atoms with Crippen LogP contribution < -0.4 is 5.32 Å². The monoisotopic (exact) mass is 488 g/mol. The van der Waals surface area contributed by atoms with Crippen molar-refractivity contribution >= 4 is 30.3 Å². The van der Waals surface area contributed by atoms with E-state index in [4.69, 9.17) is 4.74 Å². The number of hydrogen-bond donors (Lipinski definition) is 2. The minimum absolute atomic E-state index is 0. The van der Waals surface area contributed by atoms with Gasteiger partial charge in [0.1, 0.15) is 12.6 Å². The maximum atomic E-state index is 13.4. The van der Waals surface area contributed by atoms with E-state index in [2.05, 4.69) is 5.32 Å². The van der Waals surface area contributed by atoms with Crippen LogP contribution in [0.25, 0.3) is 0 Å². The van der Waals surface area contributed by atoms with Gasteiger partial charge in [-0.1, -0.05) is 54.6 Å². The fourth-order valence-electron chi connectivity index (χ4n) is 4.44. The number of carbonyl (C=O) groups is 3. The molecule has 1 amide bonds. The van der Waals surface area contributed by atoms with E-state index in [1.807, 2.05) is 54.6 Å². The average Bonchev–Trinajstić information content (AvgIpc) is 3.24. The van der Waals surface area contributed by atoms with Crippen molar-refractivity contribution in [1.29, 1.82) is 0 Å². The van der Waals surface area contributed by atoms with E-state index in [-0.39, 0.29) is 31.0 Å². The molecular weight excluding hydrogens is 456 g/mol. The number of benzene rings is 2. The molecule has 184 valence electrons. The maximum Gasteiger partial charge on any atom is 0.323 e. The summed E-state index contributed by atoms with van der Waals surface area (Å²) in [5.74, 6) is -1.82. The van der Waals surface area contributed by atoms with Gasteiger partial charge in [-0.2, -0.15) is 0 Å². The van der Waals surface area contributed by atoms with Gasteiger partial charge >= 0.3 is 11.9 Å². The van der Waals surface area contributed by atoms with E-state index >= 15 is 0 Å². The molecular formula is C26H33ClN2O5. The van der Waals surface area contributed by atoms with Crippen LogP contribution in [0.3, 0.4) is 0 Å². The van der Waals surface area contributed by atoms with Crippen LogP contribution in [0.2, 0.25) is 0 Å². The van der Waals surface area contributed by atoms with Gasteiger partial charge in [-0.25, -0.2) is 0 Å². The van der Waals surface area contributed by atoms with Gasteiger partial charge in [-0.15, -0.1) is 12.4 Å². The number of aliphatic carboxylic acids is 1. The first-order valence-corrected chi connectivity index (χ1v) is 11.5. The van der Waals surface area contributed by atoms with E-state index in [1.54, 1.807) is 13.8 Å². The lowest BCUT2D eigenvalue weighted by molar-refractivity contribution is -0.149. The van der Waals surface area contributed by atoms with E-state index in [9.17, 15) is 19.5 Å². The lowest BCUT2D eigenvalue weighted by Gasteiger charge is -2.32. The minimum atomic E-state index is -1.06. The molecule has 1 aliphatic carbocycles. The third-order valence-electron chi connectivity index (χ3n) is 6.02. The van der Waals surface area contributed by atoms with Crippen molar-refractivity contribution < 1.29 is 24.2 Å². The second-order valence-corrected chi connectivity index (χ2v) is 8.33. The van der Waals surface area contributed by atoms with Gasteiger partial charge in [0.2, 0.25) is 5.91 Å². The molecule has 0 heterocycles. The van der Waals surface area contributed by atoms with E-state index in [0.29, 0.717) is 19.3 Å². The highest BCUT2D eigenvalue weighted by atomic mass is 35.5. The summed E-state index contributed by atoms with van der Waals surface area (Å²) < 4.78 is 5.22. The van der Waals surface area contributed by atoms with Crippen molar-refractivity contribution in [3.8, 4) is 0 Å². The molecule has 34 heavy (non-hydrogen) atoms. The Morgan fingerprint density at radius 1 is 1.12 bits per heavy atom. The van der Waals surface area contributed by atoms with Crippen molar-refractivity contribution in [2.45, 2.75) is 57.7 Å². The minimum Gasteiger partial charge on any atom is -0.480 e. The summed E-state index contributed by atoms with van der Waals surface area (Å²) >= 11 is 0. The summed E-state index contributed by atoms with van der Waals surface area (Å²) in [5, 5.41) is 12.6. The molecule has 0 bridgehead atoms. The predicted octanol–water partition coefficient (Wildman–Crippen LogP) is 3.55. The van der Waals surface area contributed by atoms with Crippen molar-refractivity contribution in [2.24, 2.45) is 0 Å². The molecule has 8 heteroatoms.